The first kappa shape index (κ1) is 18.0. The molecule has 3 heterocycles. The van der Waals surface area contributed by atoms with Gasteiger partial charge in [-0.15, -0.1) is 0 Å². The smallest absolute Gasteiger partial charge is 0.264 e. The second-order valence-corrected chi connectivity index (χ2v) is 7.05. The van der Waals surface area contributed by atoms with Crippen molar-refractivity contribution in [1.82, 2.24) is 20.0 Å². The third kappa shape index (κ3) is 3.17. The van der Waals surface area contributed by atoms with E-state index in [-0.39, 0.29) is 23.5 Å². The number of aromatic nitrogens is 4. The van der Waals surface area contributed by atoms with Crippen molar-refractivity contribution in [3.05, 3.63) is 63.6 Å². The van der Waals surface area contributed by atoms with Gasteiger partial charge in [0.2, 0.25) is 5.91 Å². The molecule has 0 spiro atoms. The van der Waals surface area contributed by atoms with E-state index in [1.165, 1.54) is 6.07 Å². The molecule has 0 fully saturated rings. The van der Waals surface area contributed by atoms with E-state index in [2.05, 4.69) is 20.6 Å². The molecule has 144 valence electrons. The second-order valence-electron chi connectivity index (χ2n) is 7.05. The van der Waals surface area contributed by atoms with Crippen molar-refractivity contribution in [2.75, 3.05) is 5.32 Å². The van der Waals surface area contributed by atoms with E-state index in [1.807, 2.05) is 45.0 Å². The molecular weight excluding hydrogens is 358 g/mol. The number of anilines is 1. The minimum absolute atomic E-state index is 0.0206. The standard InChI is InChI=1S/C20H21N5O3/c1-11(2)28-15-7-5-4-6-13(15)14-10-18(27)21-20-19(14)12(3)24-25(20)16-8-9-17(26)23-22-16/h4-9,11,14H,10H2,1-3H3,(H,21,27)(H,23,26)/t14-/m0/s1. The first-order valence-electron chi connectivity index (χ1n) is 9.15. The van der Waals surface area contributed by atoms with Crippen LogP contribution < -0.4 is 15.6 Å². The van der Waals surface area contributed by atoms with Crippen molar-refractivity contribution >= 4 is 11.7 Å². The molecule has 0 radical (unpaired) electrons. The molecule has 1 atom stereocenters. The van der Waals surface area contributed by atoms with Crippen LogP contribution in [-0.2, 0) is 4.79 Å². The average molecular weight is 379 g/mol. The lowest BCUT2D eigenvalue weighted by molar-refractivity contribution is -0.116. The zero-order chi connectivity index (χ0) is 19.8. The highest BCUT2D eigenvalue weighted by Gasteiger charge is 2.34. The number of hydrogen-bond acceptors (Lipinski definition) is 5. The van der Waals surface area contributed by atoms with Crippen LogP contribution in [0.5, 0.6) is 5.75 Å². The van der Waals surface area contributed by atoms with E-state index in [4.69, 9.17) is 4.74 Å². The largest absolute Gasteiger partial charge is 0.491 e. The topological polar surface area (TPSA) is 102 Å². The zero-order valence-electron chi connectivity index (χ0n) is 15.9. The highest BCUT2D eigenvalue weighted by molar-refractivity contribution is 5.95. The number of carbonyl (C=O) groups excluding carboxylic acids is 1. The SMILES string of the molecule is Cc1nn(-c2ccc(=O)[nH]n2)c2c1[C@H](c1ccccc1OC(C)C)CC(=O)N2. The first-order valence-corrected chi connectivity index (χ1v) is 9.15. The number of rotatable bonds is 4. The summed E-state index contributed by atoms with van der Waals surface area (Å²) in [6.07, 6.45) is 0.323. The third-order valence-electron chi connectivity index (χ3n) is 4.64. The summed E-state index contributed by atoms with van der Waals surface area (Å²) in [7, 11) is 0. The van der Waals surface area contributed by atoms with Gasteiger partial charge in [0, 0.05) is 29.5 Å². The van der Waals surface area contributed by atoms with Crippen LogP contribution in [0.4, 0.5) is 5.82 Å². The van der Waals surface area contributed by atoms with Gasteiger partial charge in [-0.3, -0.25) is 9.59 Å². The fourth-order valence-electron chi connectivity index (χ4n) is 3.56. The van der Waals surface area contributed by atoms with Gasteiger partial charge in [0.05, 0.1) is 11.8 Å². The van der Waals surface area contributed by atoms with Gasteiger partial charge in [-0.05, 0) is 32.9 Å². The van der Waals surface area contributed by atoms with E-state index in [0.717, 1.165) is 22.6 Å². The monoisotopic (exact) mass is 379 g/mol. The molecule has 1 aromatic carbocycles. The lowest BCUT2D eigenvalue weighted by Gasteiger charge is -2.26. The Kier molecular flexibility index (Phi) is 4.46. The molecule has 2 aromatic heterocycles. The van der Waals surface area contributed by atoms with Crippen molar-refractivity contribution < 1.29 is 9.53 Å². The first-order chi connectivity index (χ1) is 13.4. The van der Waals surface area contributed by atoms with Crippen molar-refractivity contribution in [3.63, 3.8) is 0 Å². The summed E-state index contributed by atoms with van der Waals surface area (Å²) < 4.78 is 7.53. The second kappa shape index (κ2) is 6.95. The highest BCUT2D eigenvalue weighted by atomic mass is 16.5. The Balaban J connectivity index is 1.86. The number of amides is 1. The third-order valence-corrected chi connectivity index (χ3v) is 4.64. The summed E-state index contributed by atoms with van der Waals surface area (Å²) in [5.74, 6) is 1.46. The minimum atomic E-state index is -0.303. The molecule has 2 N–H and O–H groups in total. The van der Waals surface area contributed by atoms with E-state index in [9.17, 15) is 9.59 Å². The summed E-state index contributed by atoms with van der Waals surface area (Å²) in [5.41, 5.74) is 2.35. The fourth-order valence-corrected chi connectivity index (χ4v) is 3.56. The lowest BCUT2D eigenvalue weighted by Crippen LogP contribution is -2.25. The van der Waals surface area contributed by atoms with Gasteiger partial charge in [0.1, 0.15) is 11.6 Å². The predicted octanol–water partition coefficient (Wildman–Crippen LogP) is 2.53. The van der Waals surface area contributed by atoms with Crippen LogP contribution in [0, 0.1) is 6.92 Å². The molecule has 8 nitrogen and oxygen atoms in total. The van der Waals surface area contributed by atoms with Crippen molar-refractivity contribution in [3.8, 4) is 11.6 Å². The summed E-state index contributed by atoms with van der Waals surface area (Å²) in [4.78, 5) is 23.8. The Morgan fingerprint density at radius 2 is 1.96 bits per heavy atom. The lowest BCUT2D eigenvalue weighted by atomic mass is 9.85. The van der Waals surface area contributed by atoms with Gasteiger partial charge < -0.3 is 10.1 Å². The minimum Gasteiger partial charge on any atom is -0.491 e. The number of benzene rings is 1. The van der Waals surface area contributed by atoms with Crippen LogP contribution >= 0.6 is 0 Å². The normalized spacial score (nSPS) is 16.0. The summed E-state index contributed by atoms with van der Waals surface area (Å²) in [5, 5.41) is 13.9. The van der Waals surface area contributed by atoms with Crippen molar-refractivity contribution in [2.24, 2.45) is 0 Å². The molecule has 0 aliphatic carbocycles. The molecule has 1 aliphatic heterocycles. The van der Waals surface area contributed by atoms with Gasteiger partial charge in [0.25, 0.3) is 5.56 Å². The number of H-pyrrole nitrogens is 1. The molecule has 4 rings (SSSR count). The summed E-state index contributed by atoms with van der Waals surface area (Å²) in [6.45, 7) is 5.85. The molecule has 0 bridgehead atoms. The van der Waals surface area contributed by atoms with Crippen LogP contribution in [0.15, 0.2) is 41.2 Å². The Hall–Kier alpha value is -3.42. The molecule has 1 aliphatic rings. The summed E-state index contributed by atoms with van der Waals surface area (Å²) >= 11 is 0. The number of fused-ring (bicyclic) bond motifs is 1. The zero-order valence-corrected chi connectivity index (χ0v) is 15.9. The van der Waals surface area contributed by atoms with Crippen LogP contribution in [0.25, 0.3) is 5.82 Å². The fraction of sp³-hybridized carbons (Fsp3) is 0.300. The molecule has 3 aromatic rings. The number of ether oxygens (including phenoxy) is 1. The number of para-hydroxylation sites is 1. The average Bonchev–Trinajstić information content (AvgIpc) is 2.98. The molecule has 0 saturated heterocycles. The van der Waals surface area contributed by atoms with Gasteiger partial charge in [-0.1, -0.05) is 18.2 Å². The highest BCUT2D eigenvalue weighted by Crippen LogP contribution is 2.43. The number of aryl methyl sites for hydroxylation is 1. The predicted molar refractivity (Wildman–Crippen MR) is 104 cm³/mol. The molecule has 1 amide bonds. The molecule has 28 heavy (non-hydrogen) atoms. The maximum Gasteiger partial charge on any atom is 0.264 e. The Morgan fingerprint density at radius 1 is 1.18 bits per heavy atom. The van der Waals surface area contributed by atoms with Gasteiger partial charge >= 0.3 is 0 Å². The molecule has 0 unspecified atom stereocenters. The number of nitrogens with one attached hydrogen (secondary N) is 2. The summed E-state index contributed by atoms with van der Waals surface area (Å²) in [6, 6.07) is 10.7. The number of nitrogens with zero attached hydrogens (tertiary/aromatic N) is 3. The van der Waals surface area contributed by atoms with E-state index < -0.39 is 0 Å². The number of carbonyl (C=O) groups is 1. The number of aromatic amines is 1. The van der Waals surface area contributed by atoms with Crippen LogP contribution in [0.3, 0.4) is 0 Å². The van der Waals surface area contributed by atoms with Crippen molar-refractivity contribution in [1.29, 1.82) is 0 Å². The molecular formula is C20H21N5O3. The Bertz CT molecular complexity index is 1080. The van der Waals surface area contributed by atoms with E-state index in [1.54, 1.807) is 10.7 Å². The van der Waals surface area contributed by atoms with Crippen LogP contribution in [0.1, 0.15) is 43.0 Å². The number of hydrogen-bond donors (Lipinski definition) is 2. The maximum atomic E-state index is 12.5. The van der Waals surface area contributed by atoms with E-state index >= 15 is 0 Å². The van der Waals surface area contributed by atoms with Gasteiger partial charge in [0.15, 0.2) is 5.82 Å². The Morgan fingerprint density at radius 3 is 2.68 bits per heavy atom. The molecule has 0 saturated carbocycles. The van der Waals surface area contributed by atoms with Gasteiger partial charge in [-0.25, -0.2) is 5.10 Å². The molecule has 8 heteroatoms. The quantitative estimate of drug-likeness (QED) is 0.725. The van der Waals surface area contributed by atoms with Gasteiger partial charge in [-0.2, -0.15) is 14.9 Å². The van der Waals surface area contributed by atoms with Crippen LogP contribution in [0.2, 0.25) is 0 Å². The van der Waals surface area contributed by atoms with Crippen molar-refractivity contribution in [2.45, 2.75) is 39.2 Å². The van der Waals surface area contributed by atoms with Crippen LogP contribution in [-0.4, -0.2) is 32.0 Å². The maximum absolute atomic E-state index is 12.5. The Labute approximate surface area is 161 Å². The van der Waals surface area contributed by atoms with E-state index in [0.29, 0.717) is 18.1 Å².